The van der Waals surface area contributed by atoms with Crippen molar-refractivity contribution in [2.45, 2.75) is 0 Å². The van der Waals surface area contributed by atoms with Crippen molar-refractivity contribution in [3.05, 3.63) is 261 Å². The van der Waals surface area contributed by atoms with E-state index in [1.54, 1.807) is 24.8 Å². The summed E-state index contributed by atoms with van der Waals surface area (Å²) in [5, 5.41) is 3.84. The first-order chi connectivity index (χ1) is 41.5. The zero-order valence-corrected chi connectivity index (χ0v) is 44.6. The van der Waals surface area contributed by atoms with Gasteiger partial charge in [0.2, 0.25) is 11.8 Å². The Morgan fingerprint density at radius 1 is 0.393 bits per heavy atom. The molecule has 0 saturated carbocycles. The topological polar surface area (TPSA) is 151 Å². The minimum atomic E-state index is 0.435. The molecule has 3 aromatic carbocycles. The summed E-state index contributed by atoms with van der Waals surface area (Å²) in [7, 11) is 0. The van der Waals surface area contributed by atoms with E-state index in [1.165, 1.54) is 0 Å². The van der Waals surface area contributed by atoms with Gasteiger partial charge in [-0.05, 0) is 162 Å². The molecule has 13 heteroatoms. The maximum atomic E-state index is 6.55. The lowest BCUT2D eigenvalue weighted by Crippen LogP contribution is -2.19. The highest BCUT2D eigenvalue weighted by molar-refractivity contribution is 6.11. The number of anilines is 2. The van der Waals surface area contributed by atoms with Gasteiger partial charge in [0.25, 0.3) is 0 Å². The van der Waals surface area contributed by atoms with Gasteiger partial charge in [0.05, 0.1) is 5.52 Å². The third-order valence-electron chi connectivity index (χ3n) is 15.2. The number of aromatic nitrogens is 7. The standard InChI is InChI=1S/C71H44N8O5/c1-43-35-46(60-22-24-64(80-60)55-12-2-6-30-72-55)11-10-34-78(68-28-26-66(83-68)57-14-4-8-32-74-57)70-50(43)39-48(41-76-70)44-17-20-62-52(36-44)53-37-45(18-21-63(53)82-62)49-40-54-51-38-47(61-23-25-65(81-61)56-13-3-7-31-73-56)16-19-59(51)79(71(54)77-42-49)69-29-27-67(84-69)58-15-5-9-33-75-58/h2-33,35-42H,1,34H2/b11-10-,46-35+. The van der Waals surface area contributed by atoms with Gasteiger partial charge in [-0.15, -0.1) is 0 Å². The molecule has 0 atom stereocenters. The second-order valence-electron chi connectivity index (χ2n) is 20.4. The molecule has 0 unspecified atom stereocenters. The van der Waals surface area contributed by atoms with Crippen LogP contribution in [0.25, 0.3) is 140 Å². The van der Waals surface area contributed by atoms with Crippen LogP contribution in [0.15, 0.2) is 272 Å². The van der Waals surface area contributed by atoms with Crippen LogP contribution in [0.4, 0.5) is 11.7 Å². The lowest BCUT2D eigenvalue weighted by atomic mass is 9.98. The summed E-state index contributed by atoms with van der Waals surface area (Å²) >= 11 is 0. The Balaban J connectivity index is 0.788. The largest absolute Gasteiger partial charge is 0.456 e. The number of fused-ring (bicyclic) bond motifs is 7. The van der Waals surface area contributed by atoms with E-state index in [0.717, 1.165) is 117 Å². The molecule has 0 N–H and O–H groups in total. The Kier molecular flexibility index (Phi) is 11.4. The molecule has 13 nitrogen and oxygen atoms in total. The maximum absolute atomic E-state index is 6.55. The Morgan fingerprint density at radius 2 is 0.905 bits per heavy atom. The molecule has 0 aliphatic carbocycles. The van der Waals surface area contributed by atoms with Crippen molar-refractivity contribution in [1.29, 1.82) is 0 Å². The fraction of sp³-hybridized carbons (Fsp3) is 0.0141. The summed E-state index contributed by atoms with van der Waals surface area (Å²) < 4.78 is 34.6. The van der Waals surface area contributed by atoms with Crippen molar-refractivity contribution in [3.8, 4) is 85.3 Å². The number of nitrogens with zero attached hydrogens (tertiary/aromatic N) is 8. The lowest BCUT2D eigenvalue weighted by molar-refractivity contribution is 0.557. The van der Waals surface area contributed by atoms with Crippen LogP contribution in [0.1, 0.15) is 11.3 Å². The number of pyridine rings is 6. The van der Waals surface area contributed by atoms with Crippen molar-refractivity contribution >= 4 is 66.7 Å². The first kappa shape index (κ1) is 48.2. The fourth-order valence-electron chi connectivity index (χ4n) is 11.2. The predicted molar refractivity (Wildman–Crippen MR) is 328 cm³/mol. The number of allylic oxidation sites excluding steroid dienone is 4. The van der Waals surface area contributed by atoms with Gasteiger partial charge in [0, 0.05) is 105 Å². The third-order valence-corrected chi connectivity index (χ3v) is 15.2. The number of furan rings is 5. The molecule has 0 amide bonds. The minimum Gasteiger partial charge on any atom is -0.456 e. The van der Waals surface area contributed by atoms with Gasteiger partial charge < -0.3 is 22.1 Å². The molecule has 0 spiro atoms. The van der Waals surface area contributed by atoms with Gasteiger partial charge in [0.1, 0.15) is 56.9 Å². The molecule has 13 heterocycles. The van der Waals surface area contributed by atoms with Crippen molar-refractivity contribution in [2.75, 3.05) is 11.4 Å². The van der Waals surface area contributed by atoms with Gasteiger partial charge in [0.15, 0.2) is 23.0 Å². The molecular formula is C71H44N8O5. The summed E-state index contributed by atoms with van der Waals surface area (Å²) in [5.74, 6) is 5.98. The van der Waals surface area contributed by atoms with E-state index in [9.17, 15) is 0 Å². The van der Waals surface area contributed by atoms with E-state index in [4.69, 9.17) is 32.1 Å². The molecule has 0 radical (unpaired) electrons. The van der Waals surface area contributed by atoms with E-state index >= 15 is 0 Å². The van der Waals surface area contributed by atoms with Crippen LogP contribution in [0.5, 0.6) is 0 Å². The molecule has 398 valence electrons. The second kappa shape index (κ2) is 19.8. The summed E-state index contributed by atoms with van der Waals surface area (Å²) in [5.41, 5.74) is 13.2. The molecule has 1 aliphatic rings. The van der Waals surface area contributed by atoms with Gasteiger partial charge in [-0.1, -0.05) is 55.1 Å². The molecule has 0 fully saturated rings. The van der Waals surface area contributed by atoms with E-state index in [-0.39, 0.29) is 0 Å². The molecule has 0 bridgehead atoms. The minimum absolute atomic E-state index is 0.435. The average Bonchev–Trinajstić information content (AvgIpc) is 4.03. The van der Waals surface area contributed by atoms with Crippen LogP contribution >= 0.6 is 0 Å². The lowest BCUT2D eigenvalue weighted by Gasteiger charge is -2.23. The molecule has 1 aliphatic heterocycles. The monoisotopic (exact) mass is 1090 g/mol. The van der Waals surface area contributed by atoms with E-state index in [0.29, 0.717) is 52.9 Å². The Labute approximate surface area is 479 Å². The average molecular weight is 1090 g/mol. The Bertz CT molecular complexity index is 5080. The number of hydrogen-bond acceptors (Lipinski definition) is 12. The molecule has 84 heavy (non-hydrogen) atoms. The van der Waals surface area contributed by atoms with Crippen LogP contribution < -0.4 is 4.90 Å². The van der Waals surface area contributed by atoms with Crippen LogP contribution in [0.3, 0.4) is 0 Å². The van der Waals surface area contributed by atoms with Gasteiger partial charge in [-0.3, -0.25) is 29.4 Å². The quantitative estimate of drug-likeness (QED) is 0.128. The van der Waals surface area contributed by atoms with Crippen LogP contribution in [-0.4, -0.2) is 41.0 Å². The van der Waals surface area contributed by atoms with Gasteiger partial charge >= 0.3 is 0 Å². The molecule has 12 aromatic heterocycles. The first-order valence-electron chi connectivity index (χ1n) is 27.3. The highest BCUT2D eigenvalue weighted by atomic mass is 16.4. The summed E-state index contributed by atoms with van der Waals surface area (Å²) in [6.07, 6.45) is 17.0. The van der Waals surface area contributed by atoms with Crippen molar-refractivity contribution in [3.63, 3.8) is 0 Å². The number of hydrogen-bond donors (Lipinski definition) is 0. The van der Waals surface area contributed by atoms with Crippen molar-refractivity contribution in [2.24, 2.45) is 0 Å². The van der Waals surface area contributed by atoms with E-state index < -0.39 is 0 Å². The third kappa shape index (κ3) is 8.50. The predicted octanol–water partition coefficient (Wildman–Crippen LogP) is 17.9. The molecule has 15 aromatic rings. The second-order valence-corrected chi connectivity index (χ2v) is 20.4. The zero-order valence-electron chi connectivity index (χ0n) is 44.6. The number of benzene rings is 3. The Hall–Kier alpha value is -11.7. The first-order valence-corrected chi connectivity index (χ1v) is 27.3. The fourth-order valence-corrected chi connectivity index (χ4v) is 11.2. The molecule has 0 saturated heterocycles. The van der Waals surface area contributed by atoms with E-state index in [2.05, 4.69) is 96.7 Å². The zero-order chi connectivity index (χ0) is 55.7. The van der Waals surface area contributed by atoms with Crippen molar-refractivity contribution < 1.29 is 22.1 Å². The summed E-state index contributed by atoms with van der Waals surface area (Å²) in [6.45, 7) is 5.10. The number of rotatable bonds is 10. The van der Waals surface area contributed by atoms with E-state index in [1.807, 2.05) is 158 Å². The molecule has 16 rings (SSSR count). The smallest absolute Gasteiger partial charge is 0.206 e. The normalized spacial score (nSPS) is 13.7. The highest BCUT2D eigenvalue weighted by Gasteiger charge is 2.24. The highest BCUT2D eigenvalue weighted by Crippen LogP contribution is 2.43. The van der Waals surface area contributed by atoms with Crippen LogP contribution in [-0.2, 0) is 0 Å². The van der Waals surface area contributed by atoms with Crippen molar-refractivity contribution in [1.82, 2.24) is 34.5 Å². The van der Waals surface area contributed by atoms with Crippen LogP contribution in [0.2, 0.25) is 0 Å². The van der Waals surface area contributed by atoms with Gasteiger partial charge in [-0.2, -0.15) is 0 Å². The summed E-state index contributed by atoms with van der Waals surface area (Å²) in [4.78, 5) is 30.6. The maximum Gasteiger partial charge on any atom is 0.206 e. The van der Waals surface area contributed by atoms with Gasteiger partial charge in [-0.25, -0.2) is 9.97 Å². The molecular weight excluding hydrogens is 1040 g/mol. The SMILES string of the molecule is C=C1/C=C(c2ccc(-c3ccccn3)o2)\C=C/CN(c2ccc(-c3ccccn3)o2)c2ncc(-c3ccc4oc5ccc(-c6cnc7c(c6)c6cc(-c8ccc(-c9ccccn9)o8)ccc6n7-c6ccc(-c7ccccn7)o6)cc5c4c3)cc21. The van der Waals surface area contributed by atoms with Crippen LogP contribution in [0, 0.1) is 0 Å². The Morgan fingerprint density at radius 3 is 1.54 bits per heavy atom. The summed E-state index contributed by atoms with van der Waals surface area (Å²) in [6, 6.07) is 62.0.